The fourth-order valence-corrected chi connectivity index (χ4v) is 4.18. The number of aromatic nitrogens is 6. The number of rotatable bonds is 8. The first-order valence-corrected chi connectivity index (χ1v) is 14.4. The molecule has 0 fully saturated rings. The molecule has 3 heterocycles. The largest absolute Gasteiger partial charge is 0.468 e. The fourth-order valence-electron chi connectivity index (χ4n) is 3.07. The smallest absolute Gasteiger partial charge is 0.317 e. The van der Waals surface area contributed by atoms with Crippen molar-refractivity contribution >= 4 is 36.7 Å². The van der Waals surface area contributed by atoms with Crippen LogP contribution < -0.4 is 0 Å². The Hall–Kier alpha value is -2.43. The van der Waals surface area contributed by atoms with Crippen LogP contribution in [0.1, 0.15) is 25.2 Å². The van der Waals surface area contributed by atoms with E-state index >= 15 is 0 Å². The van der Waals surface area contributed by atoms with Gasteiger partial charge in [0, 0.05) is 20.4 Å². The maximum Gasteiger partial charge on any atom is 0.317 e. The standard InChI is InChI=1S/C21H29ClN6O3Si/c1-13-8-9-14-15(27-28(19(14)23-13)12-31-10-11-32(5,6)7)18-24-17(22)16(25-26-18)21(2,3)20(29)30-4/h8-9H,10-12H2,1-7H3. The van der Waals surface area contributed by atoms with Gasteiger partial charge in [0.25, 0.3) is 0 Å². The lowest BCUT2D eigenvalue weighted by atomic mass is 9.90. The van der Waals surface area contributed by atoms with E-state index in [1.807, 2.05) is 19.1 Å². The molecular formula is C21H29ClN6O3Si. The number of esters is 1. The Balaban J connectivity index is 1.97. The van der Waals surface area contributed by atoms with Crippen molar-refractivity contribution in [1.29, 1.82) is 0 Å². The van der Waals surface area contributed by atoms with Crippen LogP contribution in [0.4, 0.5) is 0 Å². The minimum Gasteiger partial charge on any atom is -0.468 e. The molecule has 3 rings (SSSR count). The molecule has 0 amide bonds. The van der Waals surface area contributed by atoms with Crippen LogP contribution in [0, 0.1) is 6.92 Å². The summed E-state index contributed by atoms with van der Waals surface area (Å²) in [4.78, 5) is 21.1. The summed E-state index contributed by atoms with van der Waals surface area (Å²) in [6, 6.07) is 4.88. The first-order valence-electron chi connectivity index (χ1n) is 10.4. The summed E-state index contributed by atoms with van der Waals surface area (Å²) in [6.07, 6.45) is 0. The maximum absolute atomic E-state index is 12.1. The van der Waals surface area contributed by atoms with Crippen molar-refractivity contribution in [1.82, 2.24) is 29.9 Å². The summed E-state index contributed by atoms with van der Waals surface area (Å²) in [7, 11) is 0.122. The van der Waals surface area contributed by atoms with E-state index in [0.717, 1.165) is 17.1 Å². The highest BCUT2D eigenvalue weighted by atomic mass is 35.5. The quantitative estimate of drug-likeness (QED) is 0.273. The molecule has 0 atom stereocenters. The number of ether oxygens (including phenoxy) is 2. The summed E-state index contributed by atoms with van der Waals surface area (Å²) in [5, 5.41) is 13.9. The number of hydrogen-bond acceptors (Lipinski definition) is 8. The van der Waals surface area contributed by atoms with E-state index in [4.69, 9.17) is 21.1 Å². The Morgan fingerprint density at radius 1 is 1.19 bits per heavy atom. The van der Waals surface area contributed by atoms with Gasteiger partial charge in [0.2, 0.25) is 5.82 Å². The second-order valence-corrected chi connectivity index (χ2v) is 15.4. The lowest BCUT2D eigenvalue weighted by molar-refractivity contribution is -0.146. The van der Waals surface area contributed by atoms with E-state index in [1.54, 1.807) is 18.5 Å². The molecule has 11 heteroatoms. The van der Waals surface area contributed by atoms with Crippen LogP contribution in [0.15, 0.2) is 12.1 Å². The van der Waals surface area contributed by atoms with Gasteiger partial charge in [-0.2, -0.15) is 5.10 Å². The van der Waals surface area contributed by atoms with Crippen LogP contribution in [-0.2, 0) is 26.4 Å². The first-order chi connectivity index (χ1) is 14.9. The van der Waals surface area contributed by atoms with E-state index in [9.17, 15) is 4.79 Å². The molecule has 0 unspecified atom stereocenters. The maximum atomic E-state index is 12.1. The predicted octanol–water partition coefficient (Wildman–Crippen LogP) is 4.01. The summed E-state index contributed by atoms with van der Waals surface area (Å²) in [6.45, 7) is 13.1. The third kappa shape index (κ3) is 5.13. The minimum absolute atomic E-state index is 0.0690. The van der Waals surface area contributed by atoms with Crippen LogP contribution in [0.2, 0.25) is 30.8 Å². The number of fused-ring (bicyclic) bond motifs is 1. The van der Waals surface area contributed by atoms with Gasteiger partial charge in [0.05, 0.1) is 12.5 Å². The van der Waals surface area contributed by atoms with Crippen LogP contribution in [0.5, 0.6) is 0 Å². The molecule has 0 radical (unpaired) electrons. The van der Waals surface area contributed by atoms with E-state index in [1.165, 1.54) is 7.11 Å². The predicted molar refractivity (Wildman–Crippen MR) is 125 cm³/mol. The zero-order valence-electron chi connectivity index (χ0n) is 19.6. The first kappa shape index (κ1) is 24.2. The highest BCUT2D eigenvalue weighted by Crippen LogP contribution is 2.30. The molecule has 9 nitrogen and oxygen atoms in total. The summed E-state index contributed by atoms with van der Waals surface area (Å²) < 4.78 is 12.4. The highest BCUT2D eigenvalue weighted by molar-refractivity contribution is 6.76. The van der Waals surface area contributed by atoms with Crippen molar-refractivity contribution in [2.75, 3.05) is 13.7 Å². The summed E-state index contributed by atoms with van der Waals surface area (Å²) in [5.74, 6) is -0.232. The minimum atomic E-state index is -1.19. The third-order valence-corrected chi connectivity index (χ3v) is 7.06. The van der Waals surface area contributed by atoms with E-state index < -0.39 is 19.5 Å². The van der Waals surface area contributed by atoms with Crippen molar-refractivity contribution in [2.24, 2.45) is 0 Å². The Morgan fingerprint density at radius 3 is 2.53 bits per heavy atom. The van der Waals surface area contributed by atoms with Gasteiger partial charge in [0.15, 0.2) is 10.8 Å². The Labute approximate surface area is 193 Å². The van der Waals surface area contributed by atoms with Gasteiger partial charge in [-0.05, 0) is 38.9 Å². The molecule has 0 aliphatic carbocycles. The number of nitrogens with zero attached hydrogens (tertiary/aromatic N) is 6. The fraction of sp³-hybridized carbons (Fsp3) is 0.524. The van der Waals surface area contributed by atoms with Gasteiger partial charge in [-0.25, -0.2) is 14.6 Å². The molecule has 0 spiro atoms. The Bertz CT molecular complexity index is 1140. The van der Waals surface area contributed by atoms with Crippen LogP contribution in [0.3, 0.4) is 0 Å². The third-order valence-electron chi connectivity index (χ3n) is 5.09. The van der Waals surface area contributed by atoms with Gasteiger partial charge in [-0.3, -0.25) is 4.79 Å². The van der Waals surface area contributed by atoms with Crippen molar-refractivity contribution in [2.45, 2.75) is 58.6 Å². The molecule has 0 aliphatic heterocycles. The average molecular weight is 477 g/mol. The average Bonchev–Trinajstić information content (AvgIpc) is 3.07. The molecule has 172 valence electrons. The second-order valence-electron chi connectivity index (χ2n) is 9.41. The van der Waals surface area contributed by atoms with Gasteiger partial charge in [0.1, 0.15) is 23.5 Å². The van der Waals surface area contributed by atoms with Crippen LogP contribution >= 0.6 is 11.6 Å². The lowest BCUT2D eigenvalue weighted by Crippen LogP contribution is -2.32. The van der Waals surface area contributed by atoms with E-state index in [2.05, 4.69) is 44.9 Å². The molecule has 3 aromatic heterocycles. The summed E-state index contributed by atoms with van der Waals surface area (Å²) in [5.41, 5.74) is 1.18. The van der Waals surface area contributed by atoms with Gasteiger partial charge in [-0.1, -0.05) is 31.2 Å². The van der Waals surface area contributed by atoms with Crippen molar-refractivity contribution < 1.29 is 14.3 Å². The van der Waals surface area contributed by atoms with Gasteiger partial charge >= 0.3 is 5.97 Å². The zero-order valence-corrected chi connectivity index (χ0v) is 21.3. The van der Waals surface area contributed by atoms with Crippen molar-refractivity contribution in [3.63, 3.8) is 0 Å². The number of carbonyl (C=O) groups excluding carboxylic acids is 1. The van der Waals surface area contributed by atoms with Crippen LogP contribution in [-0.4, -0.2) is 57.7 Å². The molecule has 0 saturated carbocycles. The molecule has 0 N–H and O–H groups in total. The van der Waals surface area contributed by atoms with Crippen molar-refractivity contribution in [3.05, 3.63) is 28.7 Å². The molecule has 0 aromatic carbocycles. The molecule has 3 aromatic rings. The monoisotopic (exact) mass is 476 g/mol. The highest BCUT2D eigenvalue weighted by Gasteiger charge is 2.36. The Kier molecular flexibility index (Phi) is 6.96. The second kappa shape index (κ2) is 9.20. The van der Waals surface area contributed by atoms with E-state index in [0.29, 0.717) is 17.9 Å². The number of hydrogen-bond donors (Lipinski definition) is 0. The Morgan fingerprint density at radius 2 is 1.91 bits per heavy atom. The number of halogens is 1. The number of carbonyl (C=O) groups is 1. The number of pyridine rings is 1. The normalized spacial score (nSPS) is 12.4. The summed E-state index contributed by atoms with van der Waals surface area (Å²) >= 11 is 6.40. The number of methoxy groups -OCH3 is 1. The SMILES string of the molecule is COC(=O)C(C)(C)c1nnc(-c2nn(COCC[Si](C)(C)C)c3nc(C)ccc23)nc1Cl. The zero-order chi connectivity index (χ0) is 23.7. The van der Waals surface area contributed by atoms with Crippen molar-refractivity contribution in [3.8, 4) is 11.5 Å². The molecule has 0 saturated heterocycles. The van der Waals surface area contributed by atoms with Gasteiger partial charge < -0.3 is 9.47 Å². The molecule has 0 bridgehead atoms. The lowest BCUT2D eigenvalue weighted by Gasteiger charge is -2.20. The molecule has 0 aliphatic rings. The molecule has 32 heavy (non-hydrogen) atoms. The topological polar surface area (TPSA) is 105 Å². The number of aryl methyl sites for hydroxylation is 1. The van der Waals surface area contributed by atoms with Crippen LogP contribution in [0.25, 0.3) is 22.6 Å². The van der Waals surface area contributed by atoms with Gasteiger partial charge in [-0.15, -0.1) is 10.2 Å². The molecular weight excluding hydrogens is 448 g/mol. The van der Waals surface area contributed by atoms with E-state index in [-0.39, 0.29) is 23.4 Å².